The second kappa shape index (κ2) is 10.8. The Morgan fingerprint density at radius 2 is 1.65 bits per heavy atom. The number of aliphatic hydroxyl groups excluding tert-OH is 1. The van der Waals surface area contributed by atoms with Crippen LogP contribution in [0.15, 0.2) is 47.3 Å². The highest BCUT2D eigenvalue weighted by molar-refractivity contribution is 5.95. The minimum absolute atomic E-state index is 0.0114. The third-order valence-electron chi connectivity index (χ3n) is 7.24. The predicted octanol–water partition coefficient (Wildman–Crippen LogP) is 1.39. The normalized spacial score (nSPS) is 17.4. The molecule has 3 aromatic rings. The van der Waals surface area contributed by atoms with E-state index >= 15 is 0 Å². The van der Waals surface area contributed by atoms with Crippen LogP contribution in [0.4, 0.5) is 4.39 Å². The van der Waals surface area contributed by atoms with Crippen molar-refractivity contribution in [1.82, 2.24) is 24.9 Å². The van der Waals surface area contributed by atoms with E-state index in [1.165, 1.54) is 6.07 Å². The van der Waals surface area contributed by atoms with Gasteiger partial charge >= 0.3 is 0 Å². The van der Waals surface area contributed by atoms with Gasteiger partial charge in [-0.25, -0.2) is 9.49 Å². The van der Waals surface area contributed by atoms with Crippen LogP contribution in [0.5, 0.6) is 0 Å². The van der Waals surface area contributed by atoms with Gasteiger partial charge in [0.2, 0.25) is 5.91 Å². The van der Waals surface area contributed by atoms with E-state index in [2.05, 4.69) is 10.2 Å². The number of carbonyl (C=O) groups is 2. The summed E-state index contributed by atoms with van der Waals surface area (Å²) < 4.78 is 14.7. The number of likely N-dealkylation sites (tertiary alicyclic amines) is 1. The summed E-state index contributed by atoms with van der Waals surface area (Å²) in [5.74, 6) is -0.994. The summed E-state index contributed by atoms with van der Waals surface area (Å²) in [4.78, 5) is 43.3. The lowest BCUT2D eigenvalue weighted by atomic mass is 10.0. The van der Waals surface area contributed by atoms with Gasteiger partial charge in [-0.1, -0.05) is 24.3 Å². The van der Waals surface area contributed by atoms with Gasteiger partial charge in [0.15, 0.2) is 0 Å². The number of fused-ring (bicyclic) bond motifs is 1. The number of aromatic nitrogens is 2. The first-order valence-electron chi connectivity index (χ1n) is 12.6. The summed E-state index contributed by atoms with van der Waals surface area (Å²) >= 11 is 0. The lowest BCUT2D eigenvalue weighted by Crippen LogP contribution is -2.53. The Morgan fingerprint density at radius 1 is 0.973 bits per heavy atom. The second-order valence-corrected chi connectivity index (χ2v) is 9.72. The van der Waals surface area contributed by atoms with Crippen molar-refractivity contribution < 1.29 is 19.1 Å². The van der Waals surface area contributed by atoms with Crippen molar-refractivity contribution >= 4 is 22.6 Å². The summed E-state index contributed by atoms with van der Waals surface area (Å²) in [5, 5.41) is 17.6. The average molecular weight is 508 g/mol. The number of nitrogens with one attached hydrogen (secondary N) is 1. The van der Waals surface area contributed by atoms with E-state index in [0.29, 0.717) is 87.1 Å². The van der Waals surface area contributed by atoms with Crippen LogP contribution in [0.25, 0.3) is 10.8 Å². The van der Waals surface area contributed by atoms with Crippen LogP contribution in [0, 0.1) is 5.82 Å². The third kappa shape index (κ3) is 5.55. The first-order valence-corrected chi connectivity index (χ1v) is 12.6. The van der Waals surface area contributed by atoms with Crippen molar-refractivity contribution in [2.24, 2.45) is 0 Å². The molecule has 10 heteroatoms. The lowest BCUT2D eigenvalue weighted by molar-refractivity contribution is -0.134. The Hall–Kier alpha value is -3.63. The molecule has 0 unspecified atom stereocenters. The SMILES string of the molecule is O=C(CN1CCC(O)CC1)N1CCN(C(=O)c2cc(Cc3n[nH]c(=O)c4ccccc34)ccc2F)CC1. The number of halogens is 1. The molecule has 2 aliphatic rings. The number of H-pyrrole nitrogens is 1. The molecule has 0 radical (unpaired) electrons. The third-order valence-corrected chi connectivity index (χ3v) is 7.24. The van der Waals surface area contributed by atoms with E-state index in [-0.39, 0.29) is 23.1 Å². The molecule has 0 spiro atoms. The summed E-state index contributed by atoms with van der Waals surface area (Å²) in [6.07, 6.45) is 1.39. The Kier molecular flexibility index (Phi) is 7.29. The zero-order valence-electron chi connectivity index (χ0n) is 20.5. The summed E-state index contributed by atoms with van der Waals surface area (Å²) in [7, 11) is 0. The molecule has 2 aromatic carbocycles. The van der Waals surface area contributed by atoms with Crippen LogP contribution >= 0.6 is 0 Å². The highest BCUT2D eigenvalue weighted by Crippen LogP contribution is 2.20. The van der Waals surface area contributed by atoms with Crippen molar-refractivity contribution in [3.63, 3.8) is 0 Å². The van der Waals surface area contributed by atoms with Gasteiger partial charge in [0, 0.05) is 51.1 Å². The quantitative estimate of drug-likeness (QED) is 0.540. The Labute approximate surface area is 213 Å². The number of carbonyl (C=O) groups excluding carboxylic acids is 2. The molecule has 2 aliphatic heterocycles. The van der Waals surface area contributed by atoms with E-state index in [1.54, 1.807) is 34.1 Å². The molecule has 2 fully saturated rings. The van der Waals surface area contributed by atoms with Gasteiger partial charge in [-0.2, -0.15) is 5.10 Å². The van der Waals surface area contributed by atoms with E-state index in [0.717, 1.165) is 0 Å². The molecule has 2 N–H and O–H groups in total. The molecule has 0 saturated carbocycles. The molecule has 0 aliphatic carbocycles. The van der Waals surface area contributed by atoms with Gasteiger partial charge in [-0.3, -0.25) is 19.3 Å². The van der Waals surface area contributed by atoms with E-state index in [9.17, 15) is 23.9 Å². The molecule has 1 aromatic heterocycles. The lowest BCUT2D eigenvalue weighted by Gasteiger charge is -2.36. The molecular weight excluding hydrogens is 477 g/mol. The van der Waals surface area contributed by atoms with Crippen LogP contribution in [0.2, 0.25) is 0 Å². The largest absolute Gasteiger partial charge is 0.393 e. The van der Waals surface area contributed by atoms with Gasteiger partial charge in [0.1, 0.15) is 5.82 Å². The average Bonchev–Trinajstić information content (AvgIpc) is 2.92. The molecule has 2 amide bonds. The van der Waals surface area contributed by atoms with E-state index in [1.807, 2.05) is 17.0 Å². The molecule has 0 bridgehead atoms. The summed E-state index contributed by atoms with van der Waals surface area (Å²) in [5.41, 5.74) is 1.05. The van der Waals surface area contributed by atoms with Crippen molar-refractivity contribution in [3.8, 4) is 0 Å². The molecule has 2 saturated heterocycles. The van der Waals surface area contributed by atoms with Gasteiger partial charge in [-0.05, 0) is 36.6 Å². The maximum Gasteiger partial charge on any atom is 0.272 e. The first kappa shape index (κ1) is 25.0. The van der Waals surface area contributed by atoms with Gasteiger partial charge < -0.3 is 14.9 Å². The number of rotatable bonds is 5. The molecule has 194 valence electrons. The Morgan fingerprint density at radius 3 is 2.38 bits per heavy atom. The van der Waals surface area contributed by atoms with Crippen molar-refractivity contribution in [1.29, 1.82) is 0 Å². The molecule has 5 rings (SSSR count). The van der Waals surface area contributed by atoms with Crippen LogP contribution in [-0.2, 0) is 11.2 Å². The number of aromatic amines is 1. The number of aliphatic hydroxyl groups is 1. The van der Waals surface area contributed by atoms with E-state index in [4.69, 9.17) is 0 Å². The van der Waals surface area contributed by atoms with Crippen molar-refractivity contribution in [3.05, 3.63) is 75.5 Å². The van der Waals surface area contributed by atoms with Crippen LogP contribution in [0.1, 0.15) is 34.5 Å². The monoisotopic (exact) mass is 507 g/mol. The zero-order chi connectivity index (χ0) is 25.9. The minimum atomic E-state index is -0.598. The van der Waals surface area contributed by atoms with Crippen molar-refractivity contribution in [2.75, 3.05) is 45.8 Å². The fourth-order valence-corrected chi connectivity index (χ4v) is 5.04. The number of nitrogens with zero attached hydrogens (tertiary/aromatic N) is 4. The molecular formula is C27H30FN5O4. The fraction of sp³-hybridized carbons (Fsp3) is 0.407. The fourth-order valence-electron chi connectivity index (χ4n) is 5.04. The molecule has 9 nitrogen and oxygen atoms in total. The number of piperidine rings is 1. The summed E-state index contributed by atoms with van der Waals surface area (Å²) in [6, 6.07) is 11.6. The first-order chi connectivity index (χ1) is 17.9. The topological polar surface area (TPSA) is 110 Å². The van der Waals surface area contributed by atoms with Gasteiger partial charge in [0.05, 0.1) is 29.3 Å². The highest BCUT2D eigenvalue weighted by Gasteiger charge is 2.28. The Bertz CT molecular complexity index is 1360. The predicted molar refractivity (Wildman–Crippen MR) is 136 cm³/mol. The van der Waals surface area contributed by atoms with Gasteiger partial charge in [0.25, 0.3) is 11.5 Å². The second-order valence-electron chi connectivity index (χ2n) is 9.72. The van der Waals surface area contributed by atoms with Crippen LogP contribution in [0.3, 0.4) is 0 Å². The molecule has 3 heterocycles. The summed E-state index contributed by atoms with van der Waals surface area (Å²) in [6.45, 7) is 3.17. The Balaban J connectivity index is 1.23. The van der Waals surface area contributed by atoms with Crippen LogP contribution < -0.4 is 5.56 Å². The number of benzene rings is 2. The number of amides is 2. The maximum absolute atomic E-state index is 14.7. The van der Waals surface area contributed by atoms with Gasteiger partial charge in [-0.15, -0.1) is 0 Å². The number of piperazine rings is 1. The maximum atomic E-state index is 14.7. The molecule has 37 heavy (non-hydrogen) atoms. The molecule has 0 atom stereocenters. The highest BCUT2D eigenvalue weighted by atomic mass is 19.1. The standard InChI is InChI=1S/C27H30FN5O4/c28-23-6-5-18(16-24-20-3-1-2-4-21(20)26(36)30-29-24)15-22(23)27(37)33-13-11-32(12-14-33)25(35)17-31-9-7-19(34)8-10-31/h1-6,15,19,34H,7-14,16-17H2,(H,30,36). The van der Waals surface area contributed by atoms with Crippen molar-refractivity contribution in [2.45, 2.75) is 25.4 Å². The number of hydrogen-bond acceptors (Lipinski definition) is 6. The van der Waals surface area contributed by atoms with E-state index < -0.39 is 11.7 Å². The van der Waals surface area contributed by atoms with Crippen LogP contribution in [-0.4, -0.2) is 93.7 Å². The zero-order valence-corrected chi connectivity index (χ0v) is 20.5. The number of hydrogen-bond donors (Lipinski definition) is 2. The minimum Gasteiger partial charge on any atom is -0.393 e. The smallest absolute Gasteiger partial charge is 0.272 e.